The molecule has 0 spiro atoms. The number of nitrogens with zero attached hydrogens (tertiary/aromatic N) is 7. The lowest BCUT2D eigenvalue weighted by molar-refractivity contribution is 0.122. The first-order valence-corrected chi connectivity index (χ1v) is 7.57. The molecular formula is C15H17N7O. The van der Waals surface area contributed by atoms with Crippen LogP contribution in [0.15, 0.2) is 18.5 Å². The van der Waals surface area contributed by atoms with Gasteiger partial charge in [0.15, 0.2) is 0 Å². The molecule has 0 amide bonds. The van der Waals surface area contributed by atoms with Gasteiger partial charge in [0.25, 0.3) is 5.78 Å². The molecule has 118 valence electrons. The second-order valence-electron chi connectivity index (χ2n) is 5.47. The fourth-order valence-electron chi connectivity index (χ4n) is 2.71. The number of morpholine rings is 1. The quantitative estimate of drug-likeness (QED) is 0.699. The minimum absolute atomic E-state index is 0.603. The van der Waals surface area contributed by atoms with Crippen molar-refractivity contribution in [1.82, 2.24) is 29.5 Å². The van der Waals surface area contributed by atoms with E-state index in [1.807, 2.05) is 19.9 Å². The molecule has 3 aromatic heterocycles. The van der Waals surface area contributed by atoms with E-state index in [0.29, 0.717) is 24.8 Å². The van der Waals surface area contributed by atoms with Crippen LogP contribution in [0.25, 0.3) is 17.0 Å². The molecule has 23 heavy (non-hydrogen) atoms. The van der Waals surface area contributed by atoms with Gasteiger partial charge in [0.1, 0.15) is 5.82 Å². The van der Waals surface area contributed by atoms with E-state index in [1.165, 1.54) is 0 Å². The monoisotopic (exact) mass is 311 g/mol. The molecule has 0 radical (unpaired) electrons. The summed E-state index contributed by atoms with van der Waals surface area (Å²) in [5, 5.41) is 4.38. The first kappa shape index (κ1) is 14.0. The Hall–Kier alpha value is -2.61. The second-order valence-corrected chi connectivity index (χ2v) is 5.47. The molecule has 4 heterocycles. The lowest BCUT2D eigenvalue weighted by Gasteiger charge is -2.26. The van der Waals surface area contributed by atoms with Gasteiger partial charge in [0, 0.05) is 31.0 Å². The summed E-state index contributed by atoms with van der Waals surface area (Å²) in [4.78, 5) is 19.9. The maximum absolute atomic E-state index is 5.38. The Bertz CT molecular complexity index is 854. The van der Waals surface area contributed by atoms with E-state index in [0.717, 1.165) is 36.0 Å². The summed E-state index contributed by atoms with van der Waals surface area (Å²) in [6.45, 7) is 6.88. The van der Waals surface area contributed by atoms with E-state index in [-0.39, 0.29) is 0 Å². The topological polar surface area (TPSA) is 81.3 Å². The lowest BCUT2D eigenvalue weighted by Crippen LogP contribution is -2.37. The summed E-state index contributed by atoms with van der Waals surface area (Å²) in [7, 11) is 0. The van der Waals surface area contributed by atoms with Gasteiger partial charge < -0.3 is 9.64 Å². The highest BCUT2D eigenvalue weighted by atomic mass is 16.5. The maximum atomic E-state index is 5.38. The Morgan fingerprint density at radius 1 is 1.09 bits per heavy atom. The van der Waals surface area contributed by atoms with Crippen LogP contribution >= 0.6 is 0 Å². The molecule has 0 bridgehead atoms. The van der Waals surface area contributed by atoms with Crippen LogP contribution in [0, 0.1) is 13.8 Å². The second kappa shape index (κ2) is 5.54. The lowest BCUT2D eigenvalue weighted by atomic mass is 10.2. The van der Waals surface area contributed by atoms with E-state index in [9.17, 15) is 0 Å². The van der Waals surface area contributed by atoms with Gasteiger partial charge in [-0.2, -0.15) is 10.1 Å². The van der Waals surface area contributed by atoms with Gasteiger partial charge in [-0.25, -0.2) is 19.5 Å². The summed E-state index contributed by atoms with van der Waals surface area (Å²) in [5.74, 6) is 2.03. The van der Waals surface area contributed by atoms with E-state index in [2.05, 4.69) is 25.0 Å². The Labute approximate surface area is 133 Å². The van der Waals surface area contributed by atoms with Crippen LogP contribution in [0.1, 0.15) is 11.5 Å². The first-order valence-electron chi connectivity index (χ1n) is 7.57. The largest absolute Gasteiger partial charge is 0.378 e. The molecule has 1 aliphatic rings. The van der Waals surface area contributed by atoms with Crippen LogP contribution in [0.3, 0.4) is 0 Å². The van der Waals surface area contributed by atoms with Crippen molar-refractivity contribution in [2.75, 3.05) is 31.2 Å². The molecule has 1 aliphatic heterocycles. The van der Waals surface area contributed by atoms with Crippen molar-refractivity contribution >= 4 is 11.7 Å². The smallest absolute Gasteiger partial charge is 0.252 e. The van der Waals surface area contributed by atoms with Crippen LogP contribution in [0.4, 0.5) is 5.95 Å². The number of ether oxygens (including phenoxy) is 1. The SMILES string of the molecule is Cc1nc2ncc(-c3ccnc(N4CCOCC4)n3)c(C)n2n1. The minimum atomic E-state index is 0.603. The Morgan fingerprint density at radius 2 is 1.91 bits per heavy atom. The minimum Gasteiger partial charge on any atom is -0.378 e. The predicted molar refractivity (Wildman–Crippen MR) is 84.3 cm³/mol. The Kier molecular flexibility index (Phi) is 3.38. The zero-order valence-electron chi connectivity index (χ0n) is 13.1. The van der Waals surface area contributed by atoms with Gasteiger partial charge in [-0.1, -0.05) is 0 Å². The van der Waals surface area contributed by atoms with E-state index < -0.39 is 0 Å². The average molecular weight is 311 g/mol. The number of anilines is 1. The molecule has 0 saturated carbocycles. The molecule has 0 aromatic carbocycles. The molecular weight excluding hydrogens is 294 g/mol. The number of aromatic nitrogens is 6. The number of aryl methyl sites for hydroxylation is 2. The summed E-state index contributed by atoms with van der Waals surface area (Å²) in [6.07, 6.45) is 3.58. The van der Waals surface area contributed by atoms with Crippen molar-refractivity contribution in [3.8, 4) is 11.3 Å². The van der Waals surface area contributed by atoms with Gasteiger partial charge in [-0.15, -0.1) is 0 Å². The first-order chi connectivity index (χ1) is 11.2. The fourth-order valence-corrected chi connectivity index (χ4v) is 2.71. The van der Waals surface area contributed by atoms with Crippen molar-refractivity contribution in [2.24, 2.45) is 0 Å². The molecule has 3 aromatic rings. The Balaban J connectivity index is 1.76. The van der Waals surface area contributed by atoms with Gasteiger partial charge in [-0.05, 0) is 19.9 Å². The van der Waals surface area contributed by atoms with Crippen LogP contribution < -0.4 is 4.90 Å². The highest BCUT2D eigenvalue weighted by molar-refractivity contribution is 5.63. The highest BCUT2D eigenvalue weighted by Crippen LogP contribution is 2.22. The maximum Gasteiger partial charge on any atom is 0.252 e. The number of hydrogen-bond acceptors (Lipinski definition) is 7. The number of hydrogen-bond donors (Lipinski definition) is 0. The molecule has 1 saturated heterocycles. The molecule has 0 N–H and O–H groups in total. The molecule has 0 atom stereocenters. The zero-order valence-corrected chi connectivity index (χ0v) is 13.1. The molecule has 0 unspecified atom stereocenters. The number of fused-ring (bicyclic) bond motifs is 1. The van der Waals surface area contributed by atoms with E-state index in [4.69, 9.17) is 9.72 Å². The molecule has 1 fully saturated rings. The van der Waals surface area contributed by atoms with Crippen molar-refractivity contribution in [1.29, 1.82) is 0 Å². The zero-order chi connectivity index (χ0) is 15.8. The number of rotatable bonds is 2. The van der Waals surface area contributed by atoms with Crippen LogP contribution in [0.5, 0.6) is 0 Å². The summed E-state index contributed by atoms with van der Waals surface area (Å²) >= 11 is 0. The van der Waals surface area contributed by atoms with Gasteiger partial charge >= 0.3 is 0 Å². The van der Waals surface area contributed by atoms with Crippen LogP contribution in [0.2, 0.25) is 0 Å². The third-order valence-corrected chi connectivity index (χ3v) is 3.93. The van der Waals surface area contributed by atoms with Gasteiger partial charge in [0.05, 0.1) is 24.6 Å². The van der Waals surface area contributed by atoms with Crippen molar-refractivity contribution in [3.63, 3.8) is 0 Å². The van der Waals surface area contributed by atoms with Gasteiger partial charge in [0.2, 0.25) is 5.95 Å². The van der Waals surface area contributed by atoms with Crippen molar-refractivity contribution < 1.29 is 4.74 Å². The third kappa shape index (κ3) is 2.50. The highest BCUT2D eigenvalue weighted by Gasteiger charge is 2.16. The molecule has 8 heteroatoms. The Morgan fingerprint density at radius 3 is 2.74 bits per heavy atom. The summed E-state index contributed by atoms with van der Waals surface area (Å²) in [5.41, 5.74) is 2.73. The predicted octanol–water partition coefficient (Wildman–Crippen LogP) is 1.03. The van der Waals surface area contributed by atoms with E-state index in [1.54, 1.807) is 16.9 Å². The van der Waals surface area contributed by atoms with Crippen molar-refractivity contribution in [2.45, 2.75) is 13.8 Å². The summed E-state index contributed by atoms with van der Waals surface area (Å²) < 4.78 is 7.13. The average Bonchev–Trinajstić information content (AvgIpc) is 2.98. The summed E-state index contributed by atoms with van der Waals surface area (Å²) in [6, 6.07) is 1.89. The van der Waals surface area contributed by atoms with Crippen LogP contribution in [-0.2, 0) is 4.74 Å². The standard InChI is InChI=1S/C15H17N7O/c1-10-12(9-17-15-18-11(2)20-22(10)15)13-3-4-16-14(19-13)21-5-7-23-8-6-21/h3-4,9H,5-8H2,1-2H3. The molecule has 8 nitrogen and oxygen atoms in total. The normalized spacial score (nSPS) is 15.3. The fraction of sp³-hybridized carbons (Fsp3) is 0.400. The van der Waals surface area contributed by atoms with Gasteiger partial charge in [-0.3, -0.25) is 0 Å². The van der Waals surface area contributed by atoms with E-state index >= 15 is 0 Å². The molecule has 0 aliphatic carbocycles. The van der Waals surface area contributed by atoms with Crippen LogP contribution in [-0.4, -0.2) is 55.9 Å². The van der Waals surface area contributed by atoms with Crippen molar-refractivity contribution in [3.05, 3.63) is 30.0 Å². The third-order valence-electron chi connectivity index (χ3n) is 3.93. The molecule has 4 rings (SSSR count).